The highest BCUT2D eigenvalue weighted by Crippen LogP contribution is 2.69. The van der Waals surface area contributed by atoms with Gasteiger partial charge in [0.1, 0.15) is 24.1 Å². The molecule has 0 heterocycles. The fourth-order valence-electron chi connectivity index (χ4n) is 25.2. The van der Waals surface area contributed by atoms with Crippen molar-refractivity contribution >= 4 is 23.9 Å². The highest BCUT2D eigenvalue weighted by atomic mass is 16.6. The molecule has 3 amide bonds. The molecular weight excluding hydrogens is 1680 g/mol. The van der Waals surface area contributed by atoms with Crippen molar-refractivity contribution in [3.63, 3.8) is 0 Å². The van der Waals surface area contributed by atoms with Gasteiger partial charge in [-0.1, -0.05) is 215 Å². The number of amides is 3. The van der Waals surface area contributed by atoms with E-state index in [4.69, 9.17) is 61.6 Å². The van der Waals surface area contributed by atoms with Gasteiger partial charge in [0.15, 0.2) is 0 Å². The number of aliphatic hydroxyl groups excluding tert-OH is 2. The zero-order valence-corrected chi connectivity index (χ0v) is 86.9. The normalized spacial score (nSPS) is 26.8. The van der Waals surface area contributed by atoms with Crippen molar-refractivity contribution in [1.82, 2.24) is 16.0 Å². The monoisotopic (exact) mass is 1880 g/mol. The molecule has 9 unspecified atom stereocenters. The summed E-state index contributed by atoms with van der Waals surface area (Å²) in [6, 6.07) is 0. The molecule has 8 aliphatic rings. The van der Waals surface area contributed by atoms with Crippen LogP contribution in [0.1, 0.15) is 378 Å². The maximum atomic E-state index is 12.8. The maximum absolute atomic E-state index is 12.8. The lowest BCUT2D eigenvalue weighted by atomic mass is 9.47. The molecule has 0 aromatic heterocycles. The zero-order chi connectivity index (χ0) is 95.6. The lowest BCUT2D eigenvalue weighted by Crippen LogP contribution is -2.51. The van der Waals surface area contributed by atoms with Gasteiger partial charge in [-0.25, -0.2) is 9.59 Å². The number of hydrogen-bond acceptors (Lipinski definition) is 19. The van der Waals surface area contributed by atoms with Gasteiger partial charge >= 0.3 is 12.2 Å². The van der Waals surface area contributed by atoms with Gasteiger partial charge in [-0.05, 0) is 247 Å². The van der Waals surface area contributed by atoms with E-state index in [-0.39, 0.29) is 60.4 Å². The molecule has 0 radical (unpaired) electrons. The largest absolute Gasteiger partial charge is 0.446 e. The summed E-state index contributed by atoms with van der Waals surface area (Å²) in [6.07, 6.45) is 56.5. The summed E-state index contributed by atoms with van der Waals surface area (Å²) in [5, 5.41) is 28.6. The minimum absolute atomic E-state index is 0.0367. The number of Topliss-reactive ketones (excluding diaryl/α,β-unsaturated/α-hetero) is 1. The quantitative estimate of drug-likeness (QED) is 0.0280. The molecule has 6 fully saturated rings. The summed E-state index contributed by atoms with van der Waals surface area (Å²) in [7, 11) is 1.75. The molecule has 22 nitrogen and oxygen atoms in total. The third kappa shape index (κ3) is 43.2. The second-order valence-corrected chi connectivity index (χ2v) is 43.7. The second kappa shape index (κ2) is 67.9. The standard InChI is InChI=1S/C56H101NO10.C55H100N2O9/c1-44(2)19-16-20-45(3)51-25-26-52-50-24-23-46-41-48(27-29-55(46,4)53(50)28-30-56(51,52)5)67-54(60)57-31-17-34-62-37-39-64-40-38-63-35-18-36-66-49(42-58)43-65-33-15-13-22-47(59)21-12-10-8-7-9-11-14-32-61-6;1-7-8-9-10-11-12-13-14-20-52(59)56-30-16-33-65-42-46(58)27-34-62-36-38-64-40-39-63-37-35-61-32-17-31-57-53(60)66-47-25-28-54(5)45(41-47)21-22-48-50-24-23-49(44(4)19-15-18-43(2)3)55(50,6)29-26-51(48)54/h23,44-45,48-53,58H,7-22,24-43H2,1-6H3,(H,57,60);21,43-44,46-51,58H,7-20,22-42H2,1-6H3,(H,56,59)(H,57,60)/t45-,48+,49?,50?,51?,52?,53?,55+,56-;44-,46?,47+,48?,49-,50?,51?,54+,55-/m01/s1. The summed E-state index contributed by atoms with van der Waals surface area (Å²) < 4.78 is 73.5. The number of hydrogen-bond donors (Lipinski definition) is 5. The molecule has 0 bridgehead atoms. The molecule has 133 heavy (non-hydrogen) atoms. The van der Waals surface area contributed by atoms with Crippen LogP contribution < -0.4 is 16.0 Å². The summed E-state index contributed by atoms with van der Waals surface area (Å²) in [6.45, 7) is 38.7. The van der Waals surface area contributed by atoms with Crippen LogP contribution in [-0.2, 0) is 71.2 Å². The molecule has 0 aliphatic heterocycles. The number of rotatable bonds is 76. The average Bonchev–Trinajstić information content (AvgIpc) is 1.66. The number of alkyl carbamates (subject to hydrolysis) is 2. The van der Waals surface area contributed by atoms with Gasteiger partial charge in [0, 0.05) is 112 Å². The minimum Gasteiger partial charge on any atom is -0.446 e. The highest BCUT2D eigenvalue weighted by molar-refractivity contribution is 5.78. The van der Waals surface area contributed by atoms with Crippen LogP contribution in [0.5, 0.6) is 0 Å². The Morgan fingerprint density at radius 3 is 1.26 bits per heavy atom. The first-order chi connectivity index (χ1) is 64.5. The molecule has 6 saturated carbocycles. The molecule has 774 valence electrons. The van der Waals surface area contributed by atoms with Crippen molar-refractivity contribution in [3.8, 4) is 0 Å². The Hall–Kier alpha value is -3.36. The van der Waals surface area contributed by atoms with E-state index in [1.54, 1.807) is 18.3 Å². The first kappa shape index (κ1) is 117. The number of nitrogens with one attached hydrogen (secondary N) is 3. The SMILES string of the molecule is CCCCCCCCCCC(=O)NCCCOCC(O)CCOCCOCCOCCOCCCNC(=O)O[C@H]1CC[C@@]2(C)C(=CCC3C2CC[C@@]2(C)C3CC[C@@H]2[C@H](C)CCCC(C)C)C1.COCCCCCCCCCC(=O)CCCCOCC(CO)OCCCOCCOCCOCCCNC(=O)O[C@@H]1CC[C@]2(C)C(=CCC3C4CCC([C@@H](C)CCCC(C)C)[C@]4(C)CCC32)C1. The van der Waals surface area contributed by atoms with E-state index < -0.39 is 6.10 Å². The number of aliphatic hydroxyl groups is 2. The number of fused-ring (bicyclic) bond motifs is 10. The summed E-state index contributed by atoms with van der Waals surface area (Å²) in [5.74, 6) is 10.4. The van der Waals surface area contributed by atoms with Gasteiger partial charge in [-0.2, -0.15) is 0 Å². The van der Waals surface area contributed by atoms with E-state index in [1.807, 2.05) is 0 Å². The number of carbonyl (C=O) groups excluding carboxylic acids is 4. The molecule has 0 aromatic carbocycles. The maximum Gasteiger partial charge on any atom is 0.407 e. The molecule has 18 atom stereocenters. The van der Waals surface area contributed by atoms with Gasteiger partial charge in [0.2, 0.25) is 5.91 Å². The van der Waals surface area contributed by atoms with Crippen molar-refractivity contribution in [3.05, 3.63) is 23.3 Å². The number of ketones is 1. The molecule has 0 spiro atoms. The Morgan fingerprint density at radius 2 is 0.789 bits per heavy atom. The van der Waals surface area contributed by atoms with Crippen LogP contribution in [0.25, 0.3) is 0 Å². The van der Waals surface area contributed by atoms with Gasteiger partial charge in [-0.3, -0.25) is 9.59 Å². The Labute approximate surface area is 810 Å². The number of carbonyl (C=O) groups is 4. The number of allylic oxidation sites excluding steroid dienone is 2. The Kier molecular flexibility index (Phi) is 59.6. The second-order valence-electron chi connectivity index (χ2n) is 43.7. The molecule has 8 rings (SSSR count). The van der Waals surface area contributed by atoms with E-state index >= 15 is 0 Å². The highest BCUT2D eigenvalue weighted by Gasteiger charge is 2.61. The van der Waals surface area contributed by atoms with E-state index in [0.29, 0.717) is 181 Å². The first-order valence-corrected chi connectivity index (χ1v) is 55.1. The molecular formula is C111H201N3O19. The summed E-state index contributed by atoms with van der Waals surface area (Å²) in [5.41, 5.74) is 4.64. The third-order valence-electron chi connectivity index (χ3n) is 32.9. The number of unbranched alkanes of at least 4 members (excludes halogenated alkanes) is 14. The van der Waals surface area contributed by atoms with Crippen LogP contribution in [0.2, 0.25) is 0 Å². The fourth-order valence-corrected chi connectivity index (χ4v) is 25.2. The van der Waals surface area contributed by atoms with Gasteiger partial charge in [-0.15, -0.1) is 0 Å². The lowest BCUT2D eigenvalue weighted by Gasteiger charge is -2.58. The summed E-state index contributed by atoms with van der Waals surface area (Å²) in [4.78, 5) is 49.7. The van der Waals surface area contributed by atoms with Crippen LogP contribution in [0.15, 0.2) is 23.3 Å². The predicted molar refractivity (Wildman–Crippen MR) is 534 cm³/mol. The summed E-state index contributed by atoms with van der Waals surface area (Å²) >= 11 is 0. The first-order valence-electron chi connectivity index (χ1n) is 55.1. The van der Waals surface area contributed by atoms with Gasteiger partial charge in [0.05, 0.1) is 92.0 Å². The van der Waals surface area contributed by atoms with Crippen molar-refractivity contribution in [2.24, 2.45) is 92.7 Å². The molecule has 22 heteroatoms. The van der Waals surface area contributed by atoms with Crippen molar-refractivity contribution in [2.45, 2.75) is 402 Å². The Morgan fingerprint density at radius 1 is 0.391 bits per heavy atom. The van der Waals surface area contributed by atoms with Crippen LogP contribution in [-0.4, -0.2) is 224 Å². The van der Waals surface area contributed by atoms with Crippen molar-refractivity contribution < 1.29 is 91.0 Å². The van der Waals surface area contributed by atoms with Crippen LogP contribution in [0.3, 0.4) is 0 Å². The Balaban J connectivity index is 0.000000363. The fraction of sp³-hybridized carbons (Fsp3) is 0.928. The van der Waals surface area contributed by atoms with Crippen molar-refractivity contribution in [2.75, 3.05) is 165 Å². The molecule has 8 aliphatic carbocycles. The zero-order valence-electron chi connectivity index (χ0n) is 86.9. The van der Waals surface area contributed by atoms with E-state index in [1.165, 1.54) is 167 Å². The minimum atomic E-state index is -0.579. The molecule has 0 saturated heterocycles. The number of methoxy groups -OCH3 is 1. The Bertz CT molecular complexity index is 3110. The van der Waals surface area contributed by atoms with E-state index in [9.17, 15) is 29.4 Å². The average molecular weight is 1880 g/mol. The van der Waals surface area contributed by atoms with E-state index in [2.05, 4.69) is 104 Å². The molecule has 0 aromatic rings. The van der Waals surface area contributed by atoms with Gasteiger partial charge in [0.25, 0.3) is 0 Å². The molecule has 5 N–H and O–H groups in total. The van der Waals surface area contributed by atoms with Crippen LogP contribution in [0, 0.1) is 92.7 Å². The lowest BCUT2D eigenvalue weighted by molar-refractivity contribution is -0.121. The van der Waals surface area contributed by atoms with Crippen LogP contribution >= 0.6 is 0 Å². The van der Waals surface area contributed by atoms with Crippen molar-refractivity contribution in [1.29, 1.82) is 0 Å². The van der Waals surface area contributed by atoms with Gasteiger partial charge < -0.3 is 87.7 Å². The van der Waals surface area contributed by atoms with Crippen LogP contribution in [0.4, 0.5) is 9.59 Å². The topological polar surface area (TPSA) is 265 Å². The third-order valence-corrected chi connectivity index (χ3v) is 32.9. The van der Waals surface area contributed by atoms with E-state index in [0.717, 1.165) is 187 Å². The number of ether oxygens (including phenoxy) is 13. The predicted octanol–water partition coefficient (Wildman–Crippen LogP) is 23.2. The smallest absolute Gasteiger partial charge is 0.407 e.